The van der Waals surface area contributed by atoms with Crippen LogP contribution in [0, 0.1) is 11.7 Å². The molecule has 2 fully saturated rings. The fraction of sp³-hybridized carbons (Fsp3) is 0.312. The summed E-state index contributed by atoms with van der Waals surface area (Å²) in [5.41, 5.74) is -1.18. The van der Waals surface area contributed by atoms with Gasteiger partial charge in [-0.05, 0) is 25.0 Å². The van der Waals surface area contributed by atoms with Crippen molar-refractivity contribution in [2.24, 2.45) is 5.92 Å². The normalized spacial score (nSPS) is 22.5. The highest BCUT2D eigenvalue weighted by Gasteiger charge is 2.55. The largest absolute Gasteiger partial charge is 0.323 e. The number of nitrogens with one attached hydrogen (secondary N) is 3. The number of rotatable bonds is 4. The standard InChI is InChI=1S/C16H15FN6O3/c17-10-5-2-6-11(7-10)23-18-8-12(22-23)13(24)20-16(9-3-1-4-9)14(25)19-15(26)21-16/h2,5-9H,1,3-4H2,(H,20,24)(H2,19,21,25,26). The molecule has 2 aliphatic rings. The van der Waals surface area contributed by atoms with E-state index in [1.165, 1.54) is 24.4 Å². The first kappa shape index (κ1) is 16.2. The second kappa shape index (κ2) is 5.90. The lowest BCUT2D eigenvalue weighted by molar-refractivity contribution is -0.128. The molecule has 134 valence electrons. The maximum Gasteiger partial charge on any atom is 0.323 e. The lowest BCUT2D eigenvalue weighted by atomic mass is 9.75. The van der Waals surface area contributed by atoms with Crippen LogP contribution in [0.4, 0.5) is 9.18 Å². The van der Waals surface area contributed by atoms with Crippen LogP contribution < -0.4 is 16.0 Å². The molecule has 26 heavy (non-hydrogen) atoms. The summed E-state index contributed by atoms with van der Waals surface area (Å²) in [6, 6.07) is 4.95. The van der Waals surface area contributed by atoms with Gasteiger partial charge in [0.15, 0.2) is 11.4 Å². The Kier molecular flexibility index (Phi) is 3.67. The van der Waals surface area contributed by atoms with Crippen LogP contribution in [-0.4, -0.2) is 38.5 Å². The predicted octanol–water partition coefficient (Wildman–Crippen LogP) is 0.472. The van der Waals surface area contributed by atoms with E-state index in [2.05, 4.69) is 26.1 Å². The molecule has 1 aromatic carbocycles. The SMILES string of the molecule is O=C1NC(=O)C(NC(=O)c2cnn(-c3cccc(F)c3)n2)(C2CCC2)N1. The minimum Gasteiger partial charge on any atom is -0.320 e. The second-order valence-electron chi connectivity index (χ2n) is 6.30. The molecule has 2 aromatic rings. The van der Waals surface area contributed by atoms with Crippen molar-refractivity contribution in [1.82, 2.24) is 30.9 Å². The topological polar surface area (TPSA) is 118 Å². The molecule has 0 radical (unpaired) electrons. The van der Waals surface area contributed by atoms with Crippen LogP contribution in [0.5, 0.6) is 0 Å². The van der Waals surface area contributed by atoms with Gasteiger partial charge in [-0.25, -0.2) is 9.18 Å². The van der Waals surface area contributed by atoms with E-state index in [1.54, 1.807) is 6.07 Å². The third kappa shape index (κ3) is 2.59. The van der Waals surface area contributed by atoms with Gasteiger partial charge in [0.25, 0.3) is 11.8 Å². The van der Waals surface area contributed by atoms with Crippen LogP contribution in [0.3, 0.4) is 0 Å². The maximum atomic E-state index is 13.3. The Morgan fingerprint density at radius 1 is 1.35 bits per heavy atom. The highest BCUT2D eigenvalue weighted by molar-refractivity contribution is 6.09. The molecule has 1 atom stereocenters. The van der Waals surface area contributed by atoms with Crippen molar-refractivity contribution in [2.75, 3.05) is 0 Å². The molecule has 2 heterocycles. The molecule has 4 amide bonds. The number of halogens is 1. The van der Waals surface area contributed by atoms with Crippen LogP contribution in [0.1, 0.15) is 29.8 Å². The minimum absolute atomic E-state index is 0.0538. The number of imide groups is 1. The van der Waals surface area contributed by atoms with Gasteiger partial charge >= 0.3 is 6.03 Å². The molecule has 0 bridgehead atoms. The van der Waals surface area contributed by atoms with E-state index in [0.717, 1.165) is 11.2 Å². The number of amides is 4. The van der Waals surface area contributed by atoms with Crippen molar-refractivity contribution >= 4 is 17.8 Å². The zero-order chi connectivity index (χ0) is 18.3. The molecular weight excluding hydrogens is 343 g/mol. The molecule has 1 unspecified atom stereocenters. The summed E-state index contributed by atoms with van der Waals surface area (Å²) < 4.78 is 13.3. The van der Waals surface area contributed by atoms with Crippen molar-refractivity contribution in [3.8, 4) is 5.69 Å². The Hall–Kier alpha value is -3.30. The average molecular weight is 358 g/mol. The fourth-order valence-electron chi connectivity index (χ4n) is 3.12. The minimum atomic E-state index is -1.48. The van der Waals surface area contributed by atoms with E-state index in [1.807, 2.05) is 0 Å². The summed E-state index contributed by atoms with van der Waals surface area (Å²) >= 11 is 0. The highest BCUT2D eigenvalue weighted by atomic mass is 19.1. The van der Waals surface area contributed by atoms with E-state index in [0.29, 0.717) is 18.5 Å². The van der Waals surface area contributed by atoms with Crippen LogP contribution >= 0.6 is 0 Å². The number of carbonyl (C=O) groups excluding carboxylic acids is 3. The number of hydrogen-bond donors (Lipinski definition) is 3. The fourth-order valence-corrected chi connectivity index (χ4v) is 3.12. The van der Waals surface area contributed by atoms with Crippen LogP contribution in [-0.2, 0) is 4.79 Å². The number of nitrogens with zero attached hydrogens (tertiary/aromatic N) is 3. The molecule has 10 heteroatoms. The van der Waals surface area contributed by atoms with Gasteiger partial charge in [-0.1, -0.05) is 12.5 Å². The maximum absolute atomic E-state index is 13.3. The summed E-state index contributed by atoms with van der Waals surface area (Å²) in [7, 11) is 0. The van der Waals surface area contributed by atoms with Crippen LogP contribution in [0.25, 0.3) is 5.69 Å². The summed E-state index contributed by atoms with van der Waals surface area (Å²) in [4.78, 5) is 37.6. The third-order valence-electron chi connectivity index (χ3n) is 4.69. The van der Waals surface area contributed by atoms with Gasteiger partial charge in [0, 0.05) is 12.0 Å². The van der Waals surface area contributed by atoms with Gasteiger partial charge in [-0.15, -0.1) is 5.10 Å². The molecule has 1 saturated heterocycles. The number of carbonyl (C=O) groups is 3. The Morgan fingerprint density at radius 3 is 2.77 bits per heavy atom. The zero-order valence-corrected chi connectivity index (χ0v) is 13.5. The lowest BCUT2D eigenvalue weighted by Crippen LogP contribution is -2.66. The lowest BCUT2D eigenvalue weighted by Gasteiger charge is -2.40. The smallest absolute Gasteiger partial charge is 0.320 e. The van der Waals surface area contributed by atoms with E-state index >= 15 is 0 Å². The van der Waals surface area contributed by atoms with Crippen molar-refractivity contribution in [1.29, 1.82) is 0 Å². The molecule has 0 spiro atoms. The predicted molar refractivity (Wildman–Crippen MR) is 85.5 cm³/mol. The molecule has 1 saturated carbocycles. The van der Waals surface area contributed by atoms with E-state index in [-0.39, 0.29) is 11.6 Å². The van der Waals surface area contributed by atoms with Crippen molar-refractivity contribution in [3.05, 3.63) is 42.0 Å². The van der Waals surface area contributed by atoms with E-state index < -0.39 is 29.3 Å². The molecule has 9 nitrogen and oxygen atoms in total. The number of urea groups is 1. The number of aromatic nitrogens is 3. The Balaban J connectivity index is 1.58. The summed E-state index contributed by atoms with van der Waals surface area (Å²) in [6.07, 6.45) is 3.55. The molecule has 4 rings (SSSR count). The van der Waals surface area contributed by atoms with Gasteiger partial charge in [0.05, 0.1) is 11.9 Å². The monoisotopic (exact) mass is 358 g/mol. The van der Waals surface area contributed by atoms with Gasteiger partial charge in [0.2, 0.25) is 0 Å². The number of benzene rings is 1. The van der Waals surface area contributed by atoms with Crippen LogP contribution in [0.2, 0.25) is 0 Å². The van der Waals surface area contributed by atoms with Crippen LogP contribution in [0.15, 0.2) is 30.5 Å². The van der Waals surface area contributed by atoms with Gasteiger partial charge < -0.3 is 10.6 Å². The van der Waals surface area contributed by atoms with Crippen molar-refractivity contribution in [3.63, 3.8) is 0 Å². The first-order valence-corrected chi connectivity index (χ1v) is 8.12. The first-order valence-electron chi connectivity index (χ1n) is 8.12. The van der Waals surface area contributed by atoms with Gasteiger partial charge in [-0.2, -0.15) is 9.90 Å². The molecular formula is C16H15FN6O3. The Morgan fingerprint density at radius 2 is 2.15 bits per heavy atom. The summed E-state index contributed by atoms with van der Waals surface area (Å²) in [6.45, 7) is 0. The summed E-state index contributed by atoms with van der Waals surface area (Å²) in [5, 5.41) is 15.3. The molecule has 1 aliphatic heterocycles. The third-order valence-corrected chi connectivity index (χ3v) is 4.69. The second-order valence-corrected chi connectivity index (χ2v) is 6.30. The van der Waals surface area contributed by atoms with Crippen molar-refractivity contribution < 1.29 is 18.8 Å². The van der Waals surface area contributed by atoms with E-state index in [9.17, 15) is 18.8 Å². The summed E-state index contributed by atoms with van der Waals surface area (Å²) in [5.74, 6) is -1.88. The Bertz CT molecular complexity index is 909. The molecule has 1 aromatic heterocycles. The van der Waals surface area contributed by atoms with Gasteiger partial charge in [-0.3, -0.25) is 14.9 Å². The van der Waals surface area contributed by atoms with E-state index in [4.69, 9.17) is 0 Å². The highest BCUT2D eigenvalue weighted by Crippen LogP contribution is 2.36. The first-order chi connectivity index (χ1) is 12.5. The quantitative estimate of drug-likeness (QED) is 0.687. The Labute approximate surface area is 146 Å². The molecule has 3 N–H and O–H groups in total. The van der Waals surface area contributed by atoms with Crippen molar-refractivity contribution in [2.45, 2.75) is 24.9 Å². The zero-order valence-electron chi connectivity index (χ0n) is 13.5. The average Bonchev–Trinajstić information content (AvgIpc) is 3.12. The number of hydrogen-bond acceptors (Lipinski definition) is 5. The van der Waals surface area contributed by atoms with Gasteiger partial charge in [0.1, 0.15) is 5.82 Å². The molecule has 1 aliphatic carbocycles.